The first kappa shape index (κ1) is 16.4. The second-order valence-corrected chi connectivity index (χ2v) is 7.15. The van der Waals surface area contributed by atoms with Crippen molar-refractivity contribution in [3.8, 4) is 0 Å². The van der Waals surface area contributed by atoms with Gasteiger partial charge in [0.15, 0.2) is 0 Å². The van der Waals surface area contributed by atoms with Crippen molar-refractivity contribution >= 4 is 33.0 Å². The number of anilines is 1. The van der Waals surface area contributed by atoms with Crippen LogP contribution in [0.5, 0.6) is 0 Å². The Kier molecular flexibility index (Phi) is 4.77. The molecule has 5 nitrogen and oxygen atoms in total. The van der Waals surface area contributed by atoms with Crippen LogP contribution in [-0.4, -0.2) is 28.0 Å². The molecule has 9 heteroatoms. The molecular weight excluding hydrogens is 336 g/mol. The maximum Gasteiger partial charge on any atom is 0.326 e. The molecule has 1 aromatic heterocycles. The summed E-state index contributed by atoms with van der Waals surface area (Å²) in [4.78, 5) is 11.5. The smallest absolute Gasteiger partial charge is 0.326 e. The molecule has 0 spiro atoms. The quantitative estimate of drug-likeness (QED) is 0.779. The standard InChI is InChI=1S/C13H11F2NO4S2/c1-20-12(17)8-16(11-5-4-9(14)7-10(11)15)22(18,19)13-3-2-6-21-13/h2-7H,8H2,1H3. The first-order chi connectivity index (χ1) is 10.4. The minimum atomic E-state index is -4.16. The molecule has 1 heterocycles. The van der Waals surface area contributed by atoms with Crippen molar-refractivity contribution < 1.29 is 26.7 Å². The van der Waals surface area contributed by atoms with E-state index < -0.39 is 39.9 Å². The number of hydrogen-bond acceptors (Lipinski definition) is 5. The van der Waals surface area contributed by atoms with Gasteiger partial charge in [0, 0.05) is 6.07 Å². The summed E-state index contributed by atoms with van der Waals surface area (Å²) in [6.45, 7) is -0.723. The average molecular weight is 347 g/mol. The Morgan fingerprint density at radius 3 is 2.59 bits per heavy atom. The summed E-state index contributed by atoms with van der Waals surface area (Å²) in [5.74, 6) is -2.82. The van der Waals surface area contributed by atoms with Crippen molar-refractivity contribution in [2.45, 2.75) is 4.21 Å². The van der Waals surface area contributed by atoms with Crippen LogP contribution in [0, 0.1) is 11.6 Å². The van der Waals surface area contributed by atoms with Gasteiger partial charge in [-0.2, -0.15) is 0 Å². The monoisotopic (exact) mass is 347 g/mol. The highest BCUT2D eigenvalue weighted by molar-refractivity contribution is 7.94. The molecule has 0 atom stereocenters. The number of ether oxygens (including phenoxy) is 1. The first-order valence-corrected chi connectivity index (χ1v) is 8.26. The molecular formula is C13H11F2NO4S2. The van der Waals surface area contributed by atoms with Gasteiger partial charge in [-0.1, -0.05) is 6.07 Å². The average Bonchev–Trinajstić information content (AvgIpc) is 3.00. The zero-order valence-electron chi connectivity index (χ0n) is 11.3. The molecule has 2 rings (SSSR count). The largest absolute Gasteiger partial charge is 0.468 e. The van der Waals surface area contributed by atoms with Crippen LogP contribution in [0.25, 0.3) is 0 Å². The SMILES string of the molecule is COC(=O)CN(c1ccc(F)cc1F)S(=O)(=O)c1cccs1. The summed E-state index contributed by atoms with van der Waals surface area (Å²) < 4.78 is 57.0. The Morgan fingerprint density at radius 2 is 2.05 bits per heavy atom. The molecule has 0 aliphatic heterocycles. The molecule has 22 heavy (non-hydrogen) atoms. The van der Waals surface area contributed by atoms with Crippen molar-refractivity contribution in [1.82, 2.24) is 0 Å². The summed E-state index contributed by atoms with van der Waals surface area (Å²) in [5, 5.41) is 1.53. The zero-order valence-corrected chi connectivity index (χ0v) is 13.0. The van der Waals surface area contributed by atoms with E-state index in [4.69, 9.17) is 0 Å². The van der Waals surface area contributed by atoms with Gasteiger partial charge >= 0.3 is 5.97 Å². The Labute approximate surface area is 129 Å². The van der Waals surface area contributed by atoms with Crippen molar-refractivity contribution in [2.75, 3.05) is 18.0 Å². The van der Waals surface area contributed by atoms with Crippen LogP contribution in [0.3, 0.4) is 0 Å². The predicted molar refractivity (Wildman–Crippen MR) is 77.2 cm³/mol. The molecule has 0 amide bonds. The van der Waals surface area contributed by atoms with Crippen LogP contribution in [0.4, 0.5) is 14.5 Å². The van der Waals surface area contributed by atoms with Gasteiger partial charge in [0.05, 0.1) is 12.8 Å². The fourth-order valence-electron chi connectivity index (χ4n) is 1.68. The van der Waals surface area contributed by atoms with Gasteiger partial charge in [-0.25, -0.2) is 17.2 Å². The molecule has 0 fully saturated rings. The Morgan fingerprint density at radius 1 is 1.32 bits per heavy atom. The highest BCUT2D eigenvalue weighted by Crippen LogP contribution is 2.28. The molecule has 0 unspecified atom stereocenters. The van der Waals surface area contributed by atoms with Crippen molar-refractivity contribution in [2.24, 2.45) is 0 Å². The fraction of sp³-hybridized carbons (Fsp3) is 0.154. The Bertz CT molecular complexity index is 775. The number of thiophene rings is 1. The highest BCUT2D eigenvalue weighted by Gasteiger charge is 2.30. The minimum absolute atomic E-state index is 0.0693. The number of esters is 1. The van der Waals surface area contributed by atoms with Crippen molar-refractivity contribution in [3.05, 3.63) is 47.3 Å². The minimum Gasteiger partial charge on any atom is -0.468 e. The topological polar surface area (TPSA) is 63.7 Å². The van der Waals surface area contributed by atoms with Crippen LogP contribution in [0.15, 0.2) is 39.9 Å². The number of sulfonamides is 1. The van der Waals surface area contributed by atoms with E-state index in [0.29, 0.717) is 10.4 Å². The van der Waals surface area contributed by atoms with Gasteiger partial charge in [0.1, 0.15) is 22.4 Å². The van der Waals surface area contributed by atoms with E-state index >= 15 is 0 Å². The molecule has 0 saturated carbocycles. The van der Waals surface area contributed by atoms with Crippen LogP contribution < -0.4 is 4.31 Å². The second kappa shape index (κ2) is 6.41. The molecule has 0 radical (unpaired) electrons. The third-order valence-electron chi connectivity index (χ3n) is 2.72. The lowest BCUT2D eigenvalue weighted by Gasteiger charge is -2.22. The maximum absolute atomic E-state index is 13.9. The Balaban J connectivity index is 2.54. The number of nitrogens with zero attached hydrogens (tertiary/aromatic N) is 1. The van der Waals surface area contributed by atoms with Crippen molar-refractivity contribution in [3.63, 3.8) is 0 Å². The second-order valence-electron chi connectivity index (χ2n) is 4.12. The van der Waals surface area contributed by atoms with Crippen molar-refractivity contribution in [1.29, 1.82) is 0 Å². The van der Waals surface area contributed by atoms with E-state index in [1.807, 2.05) is 0 Å². The van der Waals surface area contributed by atoms with Crippen LogP contribution in [-0.2, 0) is 19.6 Å². The van der Waals surface area contributed by atoms with E-state index in [9.17, 15) is 22.0 Å². The third kappa shape index (κ3) is 3.25. The van der Waals surface area contributed by atoms with E-state index in [0.717, 1.165) is 30.6 Å². The summed E-state index contributed by atoms with van der Waals surface area (Å²) >= 11 is 0.918. The molecule has 0 saturated heterocycles. The van der Waals surface area contributed by atoms with Crippen LogP contribution >= 0.6 is 11.3 Å². The lowest BCUT2D eigenvalue weighted by molar-refractivity contribution is -0.138. The summed E-state index contributed by atoms with van der Waals surface area (Å²) in [5.41, 5.74) is -0.430. The molecule has 2 aromatic rings. The highest BCUT2D eigenvalue weighted by atomic mass is 32.2. The van der Waals surface area contributed by atoms with Gasteiger partial charge in [0.2, 0.25) is 0 Å². The van der Waals surface area contributed by atoms with E-state index in [1.165, 1.54) is 17.5 Å². The molecule has 0 aliphatic carbocycles. The van der Waals surface area contributed by atoms with Gasteiger partial charge in [-0.05, 0) is 23.6 Å². The van der Waals surface area contributed by atoms with E-state index in [2.05, 4.69) is 4.74 Å². The number of carbonyl (C=O) groups is 1. The Hall–Kier alpha value is -2.00. The molecule has 0 bridgehead atoms. The van der Waals surface area contributed by atoms with Gasteiger partial charge in [-0.3, -0.25) is 9.10 Å². The van der Waals surface area contributed by atoms with E-state index in [-0.39, 0.29) is 4.21 Å². The van der Waals surface area contributed by atoms with Crippen LogP contribution in [0.1, 0.15) is 0 Å². The van der Waals surface area contributed by atoms with E-state index in [1.54, 1.807) is 0 Å². The number of benzene rings is 1. The summed E-state index contributed by atoms with van der Waals surface area (Å²) in [6, 6.07) is 5.25. The predicted octanol–water partition coefficient (Wildman–Crippen LogP) is 2.39. The number of carbonyl (C=O) groups excluding carboxylic acids is 1. The third-order valence-corrected chi connectivity index (χ3v) is 5.85. The summed E-state index contributed by atoms with van der Waals surface area (Å²) in [7, 11) is -3.08. The summed E-state index contributed by atoms with van der Waals surface area (Å²) in [6.07, 6.45) is 0. The number of hydrogen-bond donors (Lipinski definition) is 0. The van der Waals surface area contributed by atoms with Crippen LogP contribution in [0.2, 0.25) is 0 Å². The maximum atomic E-state index is 13.9. The fourth-order valence-corrected chi connectivity index (χ4v) is 4.21. The first-order valence-electron chi connectivity index (χ1n) is 5.94. The lowest BCUT2D eigenvalue weighted by atomic mass is 10.3. The normalized spacial score (nSPS) is 11.2. The number of rotatable bonds is 5. The molecule has 118 valence electrons. The zero-order chi connectivity index (χ0) is 16.3. The number of methoxy groups -OCH3 is 1. The molecule has 1 aromatic carbocycles. The molecule has 0 N–H and O–H groups in total. The van der Waals surface area contributed by atoms with Gasteiger partial charge < -0.3 is 4.74 Å². The lowest BCUT2D eigenvalue weighted by Crippen LogP contribution is -2.36. The van der Waals surface area contributed by atoms with Gasteiger partial charge in [0.25, 0.3) is 10.0 Å². The van der Waals surface area contributed by atoms with Gasteiger partial charge in [-0.15, -0.1) is 11.3 Å². The number of halogens is 2. The molecule has 0 aliphatic rings.